The van der Waals surface area contributed by atoms with E-state index in [1.807, 2.05) is 48.5 Å². The number of esters is 1. The number of rotatable bonds is 6. The van der Waals surface area contributed by atoms with Gasteiger partial charge in [-0.15, -0.1) is 24.0 Å². The third-order valence-electron chi connectivity index (χ3n) is 3.98. The average Bonchev–Trinajstić information content (AvgIpc) is 3.48. The van der Waals surface area contributed by atoms with Crippen molar-refractivity contribution in [2.75, 3.05) is 7.05 Å². The van der Waals surface area contributed by atoms with Gasteiger partial charge >= 0.3 is 5.97 Å². The van der Waals surface area contributed by atoms with Gasteiger partial charge in [-0.25, -0.2) is 4.79 Å². The molecule has 0 aromatic heterocycles. The fourth-order valence-corrected chi connectivity index (χ4v) is 2.42. The minimum atomic E-state index is -0.314. The normalized spacial score (nSPS) is 13.5. The molecule has 1 aliphatic rings. The number of guanidine groups is 1. The quantitative estimate of drug-likeness (QED) is 0.297. The Morgan fingerprint density at radius 1 is 1.12 bits per heavy atom. The van der Waals surface area contributed by atoms with Crippen molar-refractivity contribution in [1.82, 2.24) is 10.6 Å². The van der Waals surface area contributed by atoms with Crippen LogP contribution in [-0.4, -0.2) is 25.0 Å². The second-order valence-electron chi connectivity index (χ2n) is 6.11. The molecule has 26 heavy (non-hydrogen) atoms. The van der Waals surface area contributed by atoms with Gasteiger partial charge in [-0.2, -0.15) is 0 Å². The van der Waals surface area contributed by atoms with Crippen molar-refractivity contribution >= 4 is 35.9 Å². The first-order valence-corrected chi connectivity index (χ1v) is 8.52. The number of hydrogen-bond acceptors (Lipinski definition) is 3. The van der Waals surface area contributed by atoms with Crippen molar-refractivity contribution in [3.05, 3.63) is 71.3 Å². The van der Waals surface area contributed by atoms with Gasteiger partial charge in [0.2, 0.25) is 0 Å². The minimum absolute atomic E-state index is 0. The van der Waals surface area contributed by atoms with Crippen LogP contribution >= 0.6 is 24.0 Å². The molecule has 0 aliphatic heterocycles. The van der Waals surface area contributed by atoms with Gasteiger partial charge in [0.05, 0.1) is 5.56 Å². The zero-order valence-electron chi connectivity index (χ0n) is 14.8. The molecule has 0 atom stereocenters. The first-order valence-electron chi connectivity index (χ1n) is 8.52. The summed E-state index contributed by atoms with van der Waals surface area (Å²) in [6.07, 6.45) is 2.40. The molecule has 1 aliphatic carbocycles. The highest BCUT2D eigenvalue weighted by molar-refractivity contribution is 14.0. The van der Waals surface area contributed by atoms with E-state index in [9.17, 15) is 4.79 Å². The maximum absolute atomic E-state index is 12.2. The van der Waals surface area contributed by atoms with Crippen LogP contribution in [0.5, 0.6) is 0 Å². The number of aliphatic imine (C=N–C) groups is 1. The lowest BCUT2D eigenvalue weighted by atomic mass is 10.1. The largest absolute Gasteiger partial charge is 0.457 e. The summed E-state index contributed by atoms with van der Waals surface area (Å²) in [5.74, 6) is 0.478. The van der Waals surface area contributed by atoms with E-state index in [1.54, 1.807) is 13.1 Å². The summed E-state index contributed by atoms with van der Waals surface area (Å²) in [5, 5.41) is 6.60. The van der Waals surface area contributed by atoms with E-state index in [4.69, 9.17) is 4.74 Å². The number of carbonyl (C=O) groups is 1. The molecule has 1 fully saturated rings. The SMILES string of the molecule is CN=C(NCc1cccc(C(=O)OCc2ccccc2)c1)NC1CC1.I. The predicted octanol–water partition coefficient (Wildman–Crippen LogP) is 3.49. The summed E-state index contributed by atoms with van der Waals surface area (Å²) >= 11 is 0. The average molecular weight is 465 g/mol. The molecule has 0 heterocycles. The van der Waals surface area contributed by atoms with Gasteiger partial charge < -0.3 is 15.4 Å². The Morgan fingerprint density at radius 3 is 2.54 bits per heavy atom. The summed E-state index contributed by atoms with van der Waals surface area (Å²) in [6, 6.07) is 17.7. The highest BCUT2D eigenvalue weighted by atomic mass is 127. The number of nitrogens with zero attached hydrogens (tertiary/aromatic N) is 1. The van der Waals surface area contributed by atoms with Crippen molar-refractivity contribution in [3.8, 4) is 0 Å². The Bertz CT molecular complexity index is 746. The zero-order chi connectivity index (χ0) is 17.5. The van der Waals surface area contributed by atoms with Crippen molar-refractivity contribution < 1.29 is 9.53 Å². The molecule has 2 N–H and O–H groups in total. The molecule has 5 nitrogen and oxygen atoms in total. The predicted molar refractivity (Wildman–Crippen MR) is 114 cm³/mol. The topological polar surface area (TPSA) is 62.7 Å². The molecule has 3 rings (SSSR count). The van der Waals surface area contributed by atoms with Gasteiger partial charge in [0.25, 0.3) is 0 Å². The highest BCUT2D eigenvalue weighted by Gasteiger charge is 2.22. The molecule has 2 aromatic rings. The Balaban J connectivity index is 0.00000243. The maximum atomic E-state index is 12.2. The van der Waals surface area contributed by atoms with Crippen molar-refractivity contribution in [2.24, 2.45) is 4.99 Å². The van der Waals surface area contributed by atoms with E-state index in [-0.39, 0.29) is 36.6 Å². The molecule has 2 aromatic carbocycles. The molecular formula is C20H24IN3O2. The van der Waals surface area contributed by atoms with Crippen LogP contribution in [0.3, 0.4) is 0 Å². The highest BCUT2D eigenvalue weighted by Crippen LogP contribution is 2.18. The van der Waals surface area contributed by atoms with Gasteiger partial charge in [-0.05, 0) is 36.1 Å². The van der Waals surface area contributed by atoms with Crippen LogP contribution in [0.2, 0.25) is 0 Å². The van der Waals surface area contributed by atoms with E-state index in [0.717, 1.165) is 17.1 Å². The summed E-state index contributed by atoms with van der Waals surface area (Å²) in [7, 11) is 1.76. The van der Waals surface area contributed by atoms with Crippen LogP contribution in [0, 0.1) is 0 Å². The summed E-state index contributed by atoms with van der Waals surface area (Å²) in [6.45, 7) is 0.881. The zero-order valence-corrected chi connectivity index (χ0v) is 17.1. The smallest absolute Gasteiger partial charge is 0.338 e. The first-order chi connectivity index (χ1) is 12.2. The molecule has 0 spiro atoms. The van der Waals surface area contributed by atoms with E-state index in [0.29, 0.717) is 18.2 Å². The number of halogens is 1. The van der Waals surface area contributed by atoms with Crippen LogP contribution in [-0.2, 0) is 17.9 Å². The van der Waals surface area contributed by atoms with Crippen LogP contribution in [0.4, 0.5) is 0 Å². The van der Waals surface area contributed by atoms with E-state index in [1.165, 1.54) is 12.8 Å². The third-order valence-corrected chi connectivity index (χ3v) is 3.98. The molecule has 0 saturated heterocycles. The number of ether oxygens (including phenoxy) is 1. The maximum Gasteiger partial charge on any atom is 0.338 e. The van der Waals surface area contributed by atoms with Gasteiger partial charge in [0, 0.05) is 19.6 Å². The van der Waals surface area contributed by atoms with Gasteiger partial charge in [-0.3, -0.25) is 4.99 Å². The molecule has 0 bridgehead atoms. The Hall–Kier alpha value is -2.09. The summed E-state index contributed by atoms with van der Waals surface area (Å²) in [5.41, 5.74) is 2.54. The molecule has 0 radical (unpaired) electrons. The van der Waals surface area contributed by atoms with Crippen molar-refractivity contribution in [2.45, 2.75) is 32.0 Å². The molecule has 6 heteroatoms. The Morgan fingerprint density at radius 2 is 1.85 bits per heavy atom. The van der Waals surface area contributed by atoms with Crippen molar-refractivity contribution in [1.29, 1.82) is 0 Å². The minimum Gasteiger partial charge on any atom is -0.457 e. The van der Waals surface area contributed by atoms with Crippen LogP contribution in [0.1, 0.15) is 34.3 Å². The van der Waals surface area contributed by atoms with Crippen LogP contribution < -0.4 is 10.6 Å². The molecule has 0 unspecified atom stereocenters. The standard InChI is InChI=1S/C20H23N3O2.HI/c1-21-20(23-18-10-11-18)22-13-16-8-5-9-17(12-16)19(24)25-14-15-6-3-2-4-7-15;/h2-9,12,18H,10-11,13-14H2,1H3,(H2,21,22,23);1H. The fraction of sp³-hybridized carbons (Fsp3) is 0.300. The van der Waals surface area contributed by atoms with E-state index < -0.39 is 0 Å². The van der Waals surface area contributed by atoms with Crippen LogP contribution in [0.25, 0.3) is 0 Å². The van der Waals surface area contributed by atoms with Gasteiger partial charge in [0.15, 0.2) is 5.96 Å². The summed E-state index contributed by atoms with van der Waals surface area (Å²) < 4.78 is 5.38. The number of nitrogens with one attached hydrogen (secondary N) is 2. The third kappa shape index (κ3) is 6.33. The van der Waals surface area contributed by atoms with Gasteiger partial charge in [-0.1, -0.05) is 42.5 Å². The van der Waals surface area contributed by atoms with Gasteiger partial charge in [0.1, 0.15) is 6.61 Å². The number of carbonyl (C=O) groups excluding carboxylic acids is 1. The first kappa shape index (κ1) is 20.2. The number of hydrogen-bond donors (Lipinski definition) is 2. The Kier molecular flexibility index (Phi) is 7.90. The van der Waals surface area contributed by atoms with E-state index >= 15 is 0 Å². The molecule has 1 saturated carbocycles. The summed E-state index contributed by atoms with van der Waals surface area (Å²) in [4.78, 5) is 16.4. The number of benzene rings is 2. The fourth-order valence-electron chi connectivity index (χ4n) is 2.42. The molecule has 0 amide bonds. The lowest BCUT2D eigenvalue weighted by Gasteiger charge is -2.12. The van der Waals surface area contributed by atoms with Crippen molar-refractivity contribution in [3.63, 3.8) is 0 Å². The lowest BCUT2D eigenvalue weighted by Crippen LogP contribution is -2.38. The monoisotopic (exact) mass is 465 g/mol. The second-order valence-corrected chi connectivity index (χ2v) is 6.11. The van der Waals surface area contributed by atoms with E-state index in [2.05, 4.69) is 15.6 Å². The molecule has 138 valence electrons. The Labute approximate surface area is 171 Å². The molecular weight excluding hydrogens is 441 g/mol. The van der Waals surface area contributed by atoms with Crippen LogP contribution in [0.15, 0.2) is 59.6 Å². The lowest BCUT2D eigenvalue weighted by molar-refractivity contribution is 0.0472. The second kappa shape index (κ2) is 10.2.